The zero-order valence-electron chi connectivity index (χ0n) is 7.49. The number of aliphatic hydroxyl groups excluding tert-OH is 1. The summed E-state index contributed by atoms with van der Waals surface area (Å²) in [5.41, 5.74) is 0. The van der Waals surface area contributed by atoms with Crippen molar-refractivity contribution in [2.75, 3.05) is 13.2 Å². The molecule has 0 amide bonds. The van der Waals surface area contributed by atoms with E-state index in [9.17, 15) is 0 Å². The second-order valence-corrected chi connectivity index (χ2v) is 2.84. The lowest BCUT2D eigenvalue weighted by Crippen LogP contribution is -2.09. The van der Waals surface area contributed by atoms with Crippen molar-refractivity contribution in [3.05, 3.63) is 10.6 Å². The number of aliphatic hydroxyl groups is 1. The van der Waals surface area contributed by atoms with Crippen molar-refractivity contribution in [1.82, 2.24) is 14.8 Å². The second kappa shape index (κ2) is 5.11. The molecule has 0 aromatic carbocycles. The molecule has 0 aliphatic rings. The van der Waals surface area contributed by atoms with E-state index in [0.29, 0.717) is 30.4 Å². The largest absolute Gasteiger partial charge is 0.388 e. The number of nitrogens with one attached hydrogen (secondary N) is 1. The molecule has 6 heteroatoms. The van der Waals surface area contributed by atoms with E-state index < -0.39 is 0 Å². The SMILES string of the molecule is CCOCCn1c(CO)n[nH]c1=S. The summed E-state index contributed by atoms with van der Waals surface area (Å²) in [6, 6.07) is 0. The standard InChI is InChI=1S/C7H13N3O2S/c1-2-12-4-3-10-6(5-11)8-9-7(10)13/h11H,2-5H2,1H3,(H,9,13). The number of rotatable bonds is 5. The average Bonchev–Trinajstić information content (AvgIpc) is 2.48. The minimum atomic E-state index is -0.112. The highest BCUT2D eigenvalue weighted by Gasteiger charge is 2.03. The van der Waals surface area contributed by atoms with Crippen LogP contribution in [0.25, 0.3) is 0 Å². The Bertz CT molecular complexity index is 307. The molecule has 74 valence electrons. The van der Waals surface area contributed by atoms with Gasteiger partial charge in [-0.25, -0.2) is 0 Å². The first-order valence-corrected chi connectivity index (χ1v) is 4.53. The first-order chi connectivity index (χ1) is 6.29. The molecule has 0 saturated heterocycles. The van der Waals surface area contributed by atoms with E-state index in [1.54, 1.807) is 4.57 Å². The van der Waals surface area contributed by atoms with Gasteiger partial charge in [-0.3, -0.25) is 9.67 Å². The molecule has 0 spiro atoms. The van der Waals surface area contributed by atoms with Gasteiger partial charge in [0.25, 0.3) is 0 Å². The minimum absolute atomic E-state index is 0.112. The van der Waals surface area contributed by atoms with Gasteiger partial charge in [0.15, 0.2) is 10.6 Å². The van der Waals surface area contributed by atoms with Gasteiger partial charge in [0.1, 0.15) is 6.61 Å². The van der Waals surface area contributed by atoms with Crippen LogP contribution in [0.1, 0.15) is 12.7 Å². The number of hydrogen-bond donors (Lipinski definition) is 2. The zero-order valence-corrected chi connectivity index (χ0v) is 8.30. The summed E-state index contributed by atoms with van der Waals surface area (Å²) in [6.07, 6.45) is 0. The van der Waals surface area contributed by atoms with E-state index in [2.05, 4.69) is 10.2 Å². The molecular formula is C7H13N3O2S. The molecule has 0 atom stereocenters. The normalized spacial score (nSPS) is 10.6. The van der Waals surface area contributed by atoms with Gasteiger partial charge in [-0.2, -0.15) is 5.10 Å². The zero-order chi connectivity index (χ0) is 9.68. The maximum Gasteiger partial charge on any atom is 0.195 e. The van der Waals surface area contributed by atoms with Crippen LogP contribution in [0, 0.1) is 4.77 Å². The van der Waals surface area contributed by atoms with Crippen LogP contribution in [-0.2, 0) is 17.9 Å². The third kappa shape index (κ3) is 2.61. The lowest BCUT2D eigenvalue weighted by Gasteiger charge is -2.04. The van der Waals surface area contributed by atoms with Crippen LogP contribution >= 0.6 is 12.2 Å². The van der Waals surface area contributed by atoms with Crippen molar-refractivity contribution in [2.45, 2.75) is 20.1 Å². The van der Waals surface area contributed by atoms with Gasteiger partial charge in [-0.05, 0) is 19.1 Å². The molecule has 13 heavy (non-hydrogen) atoms. The summed E-state index contributed by atoms with van der Waals surface area (Å²) in [5.74, 6) is 0.546. The molecule has 1 aromatic heterocycles. The summed E-state index contributed by atoms with van der Waals surface area (Å²) >= 11 is 4.97. The molecule has 0 unspecified atom stereocenters. The predicted molar refractivity (Wildman–Crippen MR) is 49.8 cm³/mol. The van der Waals surface area contributed by atoms with Crippen molar-refractivity contribution in [3.8, 4) is 0 Å². The van der Waals surface area contributed by atoms with Gasteiger partial charge in [-0.15, -0.1) is 0 Å². The van der Waals surface area contributed by atoms with Crippen LogP contribution in [-0.4, -0.2) is 33.1 Å². The summed E-state index contributed by atoms with van der Waals surface area (Å²) in [7, 11) is 0. The molecule has 5 nitrogen and oxygen atoms in total. The smallest absolute Gasteiger partial charge is 0.195 e. The highest BCUT2D eigenvalue weighted by atomic mass is 32.1. The molecule has 1 heterocycles. The van der Waals surface area contributed by atoms with Crippen molar-refractivity contribution < 1.29 is 9.84 Å². The number of hydrogen-bond acceptors (Lipinski definition) is 4. The minimum Gasteiger partial charge on any atom is -0.388 e. The van der Waals surface area contributed by atoms with E-state index in [-0.39, 0.29) is 6.61 Å². The van der Waals surface area contributed by atoms with Gasteiger partial charge in [0.2, 0.25) is 0 Å². The number of nitrogens with zero attached hydrogens (tertiary/aromatic N) is 2. The Morgan fingerprint density at radius 1 is 1.69 bits per heavy atom. The Balaban J connectivity index is 2.63. The quantitative estimate of drug-likeness (QED) is 0.539. The number of ether oxygens (including phenoxy) is 1. The maximum atomic E-state index is 8.90. The first-order valence-electron chi connectivity index (χ1n) is 4.12. The monoisotopic (exact) mass is 203 g/mol. The van der Waals surface area contributed by atoms with Crippen molar-refractivity contribution >= 4 is 12.2 Å². The molecule has 1 rings (SSSR count). The van der Waals surface area contributed by atoms with Crippen LogP contribution in [0.15, 0.2) is 0 Å². The molecule has 0 aliphatic heterocycles. The van der Waals surface area contributed by atoms with Gasteiger partial charge in [-0.1, -0.05) is 0 Å². The Kier molecular flexibility index (Phi) is 4.07. The molecular weight excluding hydrogens is 190 g/mol. The van der Waals surface area contributed by atoms with Crippen LogP contribution in [0.5, 0.6) is 0 Å². The summed E-state index contributed by atoms with van der Waals surface area (Å²) < 4.78 is 7.42. The Labute approximate surface area is 81.3 Å². The van der Waals surface area contributed by atoms with Crippen molar-refractivity contribution in [2.24, 2.45) is 0 Å². The Morgan fingerprint density at radius 2 is 2.46 bits per heavy atom. The fourth-order valence-corrected chi connectivity index (χ4v) is 1.24. The summed E-state index contributed by atoms with van der Waals surface area (Å²) in [5, 5.41) is 15.4. The van der Waals surface area contributed by atoms with Crippen LogP contribution in [0.2, 0.25) is 0 Å². The molecule has 0 bridgehead atoms. The first kappa shape index (κ1) is 10.4. The van der Waals surface area contributed by atoms with Crippen LogP contribution < -0.4 is 0 Å². The lowest BCUT2D eigenvalue weighted by molar-refractivity contribution is 0.136. The molecule has 0 saturated carbocycles. The van der Waals surface area contributed by atoms with E-state index in [1.165, 1.54) is 0 Å². The highest BCUT2D eigenvalue weighted by molar-refractivity contribution is 7.71. The highest BCUT2D eigenvalue weighted by Crippen LogP contribution is 1.97. The van der Waals surface area contributed by atoms with Crippen molar-refractivity contribution in [1.29, 1.82) is 0 Å². The third-order valence-corrected chi connectivity index (χ3v) is 1.95. The van der Waals surface area contributed by atoms with Crippen molar-refractivity contribution in [3.63, 3.8) is 0 Å². The molecule has 2 N–H and O–H groups in total. The number of aromatic amines is 1. The third-order valence-electron chi connectivity index (χ3n) is 1.64. The molecule has 0 fully saturated rings. The van der Waals surface area contributed by atoms with Crippen LogP contribution in [0.4, 0.5) is 0 Å². The second-order valence-electron chi connectivity index (χ2n) is 2.45. The average molecular weight is 203 g/mol. The predicted octanol–water partition coefficient (Wildman–Crippen LogP) is 0.469. The van der Waals surface area contributed by atoms with E-state index >= 15 is 0 Å². The Hall–Kier alpha value is -0.720. The maximum absolute atomic E-state index is 8.90. The summed E-state index contributed by atoms with van der Waals surface area (Å²) in [4.78, 5) is 0. The van der Waals surface area contributed by atoms with Crippen LogP contribution in [0.3, 0.4) is 0 Å². The molecule has 0 aliphatic carbocycles. The fraction of sp³-hybridized carbons (Fsp3) is 0.714. The van der Waals surface area contributed by atoms with Gasteiger partial charge in [0, 0.05) is 6.61 Å². The lowest BCUT2D eigenvalue weighted by atomic mass is 10.6. The van der Waals surface area contributed by atoms with Gasteiger partial charge >= 0.3 is 0 Å². The van der Waals surface area contributed by atoms with E-state index in [1.807, 2.05) is 6.92 Å². The number of H-pyrrole nitrogens is 1. The van der Waals surface area contributed by atoms with Gasteiger partial charge < -0.3 is 9.84 Å². The van der Waals surface area contributed by atoms with E-state index in [4.69, 9.17) is 22.1 Å². The topological polar surface area (TPSA) is 63.1 Å². The van der Waals surface area contributed by atoms with Gasteiger partial charge in [0.05, 0.1) is 13.2 Å². The molecule has 0 radical (unpaired) electrons. The number of aromatic nitrogens is 3. The molecule has 1 aromatic rings. The fourth-order valence-electron chi connectivity index (χ4n) is 1.00. The van der Waals surface area contributed by atoms with E-state index in [0.717, 1.165) is 0 Å². The summed E-state index contributed by atoms with van der Waals surface area (Å²) in [6.45, 7) is 3.71. The Morgan fingerprint density at radius 3 is 3.08 bits per heavy atom.